The number of hydroxylamine groups is 1. The zero-order chi connectivity index (χ0) is 25.0. The molecule has 1 fully saturated rings. The average Bonchev–Trinajstić information content (AvgIpc) is 3.66. The van der Waals surface area contributed by atoms with Crippen LogP contribution in [0.25, 0.3) is 16.9 Å². The van der Waals surface area contributed by atoms with E-state index in [1.54, 1.807) is 0 Å². The van der Waals surface area contributed by atoms with Crippen molar-refractivity contribution in [3.63, 3.8) is 0 Å². The maximum Gasteiger partial charge on any atom is 0.316 e. The molecule has 36 heavy (non-hydrogen) atoms. The number of carbonyl (C=O) groups is 1. The van der Waals surface area contributed by atoms with Gasteiger partial charge in [0.25, 0.3) is 0 Å². The van der Waals surface area contributed by atoms with Gasteiger partial charge in [-0.25, -0.2) is 0 Å². The molecule has 0 saturated heterocycles. The third-order valence-corrected chi connectivity index (χ3v) is 7.14. The summed E-state index contributed by atoms with van der Waals surface area (Å²) in [5, 5.41) is 0. The first kappa shape index (κ1) is 24.1. The Bertz CT molecular complexity index is 1250. The van der Waals surface area contributed by atoms with Crippen molar-refractivity contribution in [1.82, 2.24) is 5.48 Å². The molecule has 2 aliphatic rings. The number of nitrogens with one attached hydrogen (secondary N) is 1. The van der Waals surface area contributed by atoms with Crippen molar-refractivity contribution < 1.29 is 14.4 Å². The second-order valence-corrected chi connectivity index (χ2v) is 9.61. The maximum atomic E-state index is 12.4. The highest BCUT2D eigenvalue weighted by molar-refractivity contribution is 5.87. The van der Waals surface area contributed by atoms with E-state index in [9.17, 15) is 4.79 Å². The van der Waals surface area contributed by atoms with E-state index in [4.69, 9.17) is 9.57 Å². The van der Waals surface area contributed by atoms with Crippen LogP contribution in [0, 0.1) is 0 Å². The number of rotatable bonds is 9. The van der Waals surface area contributed by atoms with E-state index in [1.807, 2.05) is 6.92 Å². The predicted molar refractivity (Wildman–Crippen MR) is 144 cm³/mol. The zero-order valence-corrected chi connectivity index (χ0v) is 21.0. The molecule has 0 radical (unpaired) electrons. The normalized spacial score (nSPS) is 18.3. The van der Waals surface area contributed by atoms with Gasteiger partial charge in [-0.15, -0.1) is 5.48 Å². The molecule has 1 saturated carbocycles. The fourth-order valence-corrected chi connectivity index (χ4v) is 4.82. The molecule has 3 aromatic rings. The van der Waals surface area contributed by atoms with Crippen LogP contribution in [-0.2, 0) is 26.2 Å². The Morgan fingerprint density at radius 1 is 0.972 bits per heavy atom. The van der Waals surface area contributed by atoms with Crippen LogP contribution in [0.1, 0.15) is 49.8 Å². The Labute approximate surface area is 213 Å². The molecular formula is C32H33NO3. The highest BCUT2D eigenvalue weighted by Gasteiger charge is 2.52. The van der Waals surface area contributed by atoms with Gasteiger partial charge in [0.2, 0.25) is 0 Å². The largest absolute Gasteiger partial charge is 0.465 e. The number of aryl methyl sites for hydroxylation is 1. The Hall–Kier alpha value is -3.63. The van der Waals surface area contributed by atoms with Gasteiger partial charge in [0.15, 0.2) is 5.76 Å². The third-order valence-electron chi connectivity index (χ3n) is 7.14. The van der Waals surface area contributed by atoms with E-state index >= 15 is 0 Å². The molecule has 184 valence electrons. The Balaban J connectivity index is 1.28. The fraction of sp³-hybridized carbons (Fsp3) is 0.281. The minimum Gasteiger partial charge on any atom is -0.465 e. The van der Waals surface area contributed by atoms with E-state index in [0.717, 1.165) is 59.3 Å². The molecule has 1 atom stereocenters. The van der Waals surface area contributed by atoms with Crippen LogP contribution in [0.5, 0.6) is 0 Å². The topological polar surface area (TPSA) is 47.6 Å². The van der Waals surface area contributed by atoms with E-state index in [0.29, 0.717) is 6.61 Å². The number of hydrogen-bond acceptors (Lipinski definition) is 4. The highest BCUT2D eigenvalue weighted by Crippen LogP contribution is 2.49. The van der Waals surface area contributed by atoms with Gasteiger partial charge < -0.3 is 9.57 Å². The van der Waals surface area contributed by atoms with Crippen LogP contribution < -0.4 is 5.48 Å². The van der Waals surface area contributed by atoms with Crippen molar-refractivity contribution in [3.8, 4) is 11.1 Å². The Morgan fingerprint density at radius 3 is 2.25 bits per heavy atom. The number of benzene rings is 3. The molecule has 0 aromatic heterocycles. The van der Waals surface area contributed by atoms with Gasteiger partial charge >= 0.3 is 5.97 Å². The van der Waals surface area contributed by atoms with Gasteiger partial charge in [-0.05, 0) is 61.8 Å². The standard InChI is InChI=1S/C32H33NO3/c1-3-35-31(34)32(21-22-32)28-19-17-26(18-20-28)25-13-15-27(16-14-25)30-29(23(2)33-36-30)12-8-7-11-24-9-5-4-6-10-24/h4-6,8-10,12-20,23,33H,3,7,11,21-22H2,1-2H3. The SMILES string of the molecule is CCOC(=O)C1(c2ccc(-c3ccc(C4=C(C=CCCc5ccccc5)C(C)NO4)cc3)cc2)CC1. The molecule has 1 heterocycles. The minimum atomic E-state index is -0.431. The van der Waals surface area contributed by atoms with E-state index in [-0.39, 0.29) is 12.0 Å². The average molecular weight is 480 g/mol. The number of ether oxygens (including phenoxy) is 1. The second kappa shape index (κ2) is 10.5. The van der Waals surface area contributed by atoms with Crippen LogP contribution in [0.4, 0.5) is 0 Å². The summed E-state index contributed by atoms with van der Waals surface area (Å²) in [6.07, 6.45) is 8.16. The van der Waals surface area contributed by atoms with Crippen LogP contribution in [0.15, 0.2) is 96.6 Å². The molecule has 0 bridgehead atoms. The molecule has 4 heteroatoms. The second-order valence-electron chi connectivity index (χ2n) is 9.61. The minimum absolute atomic E-state index is 0.0975. The van der Waals surface area contributed by atoms with Gasteiger partial charge in [0.05, 0.1) is 18.1 Å². The lowest BCUT2D eigenvalue weighted by molar-refractivity contribution is -0.146. The van der Waals surface area contributed by atoms with Crippen molar-refractivity contribution in [3.05, 3.63) is 113 Å². The number of esters is 1. The maximum absolute atomic E-state index is 12.4. The van der Waals surface area contributed by atoms with Gasteiger partial charge in [-0.3, -0.25) is 4.79 Å². The van der Waals surface area contributed by atoms with Crippen LogP contribution in [0.3, 0.4) is 0 Å². The summed E-state index contributed by atoms with van der Waals surface area (Å²) in [6, 6.07) is 27.5. The summed E-state index contributed by atoms with van der Waals surface area (Å²) in [7, 11) is 0. The van der Waals surface area contributed by atoms with Crippen LogP contribution in [-0.4, -0.2) is 18.6 Å². The molecule has 1 aliphatic heterocycles. The Morgan fingerprint density at radius 2 is 1.61 bits per heavy atom. The van der Waals surface area contributed by atoms with Crippen molar-refractivity contribution in [2.75, 3.05) is 6.61 Å². The first-order chi connectivity index (χ1) is 17.6. The van der Waals surface area contributed by atoms with E-state index < -0.39 is 5.41 Å². The summed E-state index contributed by atoms with van der Waals surface area (Å²) in [6.45, 7) is 4.39. The lowest BCUT2D eigenvalue weighted by atomic mass is 9.93. The summed E-state index contributed by atoms with van der Waals surface area (Å²) >= 11 is 0. The lowest BCUT2D eigenvalue weighted by Crippen LogP contribution is -2.23. The molecule has 0 spiro atoms. The Kier molecular flexibility index (Phi) is 7.06. The molecule has 1 unspecified atom stereocenters. The number of hydrogen-bond donors (Lipinski definition) is 1. The van der Waals surface area contributed by atoms with Gasteiger partial charge in [-0.1, -0.05) is 91.0 Å². The predicted octanol–water partition coefficient (Wildman–Crippen LogP) is 6.77. The number of carbonyl (C=O) groups excluding carboxylic acids is 1. The van der Waals surface area contributed by atoms with Crippen molar-refractivity contribution in [2.45, 2.75) is 51.0 Å². The summed E-state index contributed by atoms with van der Waals surface area (Å²) in [5.74, 6) is 0.783. The summed E-state index contributed by atoms with van der Waals surface area (Å²) in [5.41, 5.74) is 9.54. The van der Waals surface area contributed by atoms with Crippen molar-refractivity contribution in [1.29, 1.82) is 0 Å². The lowest BCUT2D eigenvalue weighted by Gasteiger charge is -2.14. The van der Waals surface area contributed by atoms with Gasteiger partial charge in [0, 0.05) is 11.1 Å². The van der Waals surface area contributed by atoms with Crippen molar-refractivity contribution in [2.24, 2.45) is 0 Å². The zero-order valence-electron chi connectivity index (χ0n) is 21.0. The van der Waals surface area contributed by atoms with E-state index in [1.165, 1.54) is 5.56 Å². The molecule has 1 aliphatic carbocycles. The van der Waals surface area contributed by atoms with Gasteiger partial charge in [0.1, 0.15) is 0 Å². The molecule has 5 rings (SSSR count). The monoisotopic (exact) mass is 479 g/mol. The quantitative estimate of drug-likeness (QED) is 0.344. The smallest absolute Gasteiger partial charge is 0.316 e. The molecule has 3 aromatic carbocycles. The third kappa shape index (κ3) is 5.00. The summed E-state index contributed by atoms with van der Waals surface area (Å²) in [4.78, 5) is 18.3. The molecule has 0 amide bonds. The summed E-state index contributed by atoms with van der Waals surface area (Å²) < 4.78 is 5.30. The highest BCUT2D eigenvalue weighted by atomic mass is 16.7. The van der Waals surface area contributed by atoms with Crippen molar-refractivity contribution >= 4 is 11.7 Å². The number of allylic oxidation sites excluding steroid dienone is 1. The first-order valence-corrected chi connectivity index (χ1v) is 12.9. The first-order valence-electron chi connectivity index (χ1n) is 12.9. The molecular weight excluding hydrogens is 446 g/mol. The van der Waals surface area contributed by atoms with Gasteiger partial charge in [-0.2, -0.15) is 0 Å². The van der Waals surface area contributed by atoms with Crippen LogP contribution in [0.2, 0.25) is 0 Å². The van der Waals surface area contributed by atoms with E-state index in [2.05, 4.69) is 103 Å². The molecule has 4 nitrogen and oxygen atoms in total. The fourth-order valence-electron chi connectivity index (χ4n) is 4.82. The molecule has 1 N–H and O–H groups in total. The van der Waals surface area contributed by atoms with Crippen LogP contribution >= 0.6 is 0 Å².